The highest BCUT2D eigenvalue weighted by Gasteiger charge is 2.49. The molecule has 4 rings (SSSR count). The van der Waals surface area contributed by atoms with Crippen LogP contribution in [0.15, 0.2) is 72.8 Å². The first kappa shape index (κ1) is 35.3. The highest BCUT2D eigenvalue weighted by Crippen LogP contribution is 2.46. The molecule has 47 heavy (non-hydrogen) atoms. The second-order valence-electron chi connectivity index (χ2n) is 10.9. The number of rotatable bonds is 17. The number of nitrogens with zero attached hydrogens (tertiary/aromatic N) is 1. The summed E-state index contributed by atoms with van der Waals surface area (Å²) in [5.74, 6) is -2.48. The maximum atomic E-state index is 13.6. The largest absolute Gasteiger partial charge is 0.484 e. The van der Waals surface area contributed by atoms with Crippen molar-refractivity contribution in [1.29, 1.82) is 0 Å². The Balaban J connectivity index is 1.29. The number of hydrogen-bond donors (Lipinski definition) is 5. The fraction of sp³-hybridized carbons (Fsp3) is 0.333. The van der Waals surface area contributed by atoms with Crippen LogP contribution < -0.4 is 26.0 Å². The Labute approximate surface area is 274 Å². The van der Waals surface area contributed by atoms with E-state index < -0.39 is 52.9 Å². The fourth-order valence-corrected chi connectivity index (χ4v) is 6.16. The molecule has 1 aliphatic heterocycles. The number of thioether (sulfide) groups is 1. The Morgan fingerprint density at radius 1 is 0.915 bits per heavy atom. The summed E-state index contributed by atoms with van der Waals surface area (Å²) in [6.07, 6.45) is 0.465. The van der Waals surface area contributed by atoms with Gasteiger partial charge in [-0.25, -0.2) is 8.78 Å². The highest BCUT2D eigenvalue weighted by atomic mass is 32.2. The number of nitrogens with two attached hydrogens (primary N) is 1. The average molecular weight is 671 g/mol. The predicted octanol–water partition coefficient (Wildman–Crippen LogP) is 3.08. The molecule has 0 bridgehead atoms. The van der Waals surface area contributed by atoms with Gasteiger partial charge in [0.25, 0.3) is 5.91 Å². The van der Waals surface area contributed by atoms with Gasteiger partial charge in [-0.15, -0.1) is 11.8 Å². The lowest BCUT2D eigenvalue weighted by Gasteiger charge is -2.47. The van der Waals surface area contributed by atoms with E-state index in [0.717, 1.165) is 5.56 Å². The number of hydrogen-bond acceptors (Lipinski definition) is 8. The summed E-state index contributed by atoms with van der Waals surface area (Å²) in [6.45, 7) is -0.272. The van der Waals surface area contributed by atoms with Crippen LogP contribution in [0.3, 0.4) is 0 Å². The third kappa shape index (κ3) is 9.98. The van der Waals surface area contributed by atoms with Crippen molar-refractivity contribution < 1.29 is 42.9 Å². The first-order chi connectivity index (χ1) is 22.5. The highest BCUT2D eigenvalue weighted by molar-refractivity contribution is 8.00. The number of unbranched alkanes of at least 4 members (excludes halogenated alkanes) is 1. The minimum atomic E-state index is -1.07. The van der Waals surface area contributed by atoms with Gasteiger partial charge >= 0.3 is 5.97 Å². The van der Waals surface area contributed by atoms with Crippen molar-refractivity contribution in [3.8, 4) is 5.75 Å². The number of halogens is 2. The number of ether oxygens (including phenoxy) is 1. The Bertz CT molecular complexity index is 1530. The van der Waals surface area contributed by atoms with E-state index in [2.05, 4.69) is 10.6 Å². The molecule has 1 saturated heterocycles. The standard InChI is InChI=1S/C33H36F2N4O7S/c34-22-8-4-20(5-9-22)27(40)19-47-31-30(39(32(31)43)24-12-10-23(35)11-13-24)21-6-14-25(15-7-21)46-18-29(42)38-17-28(41)37-16-2-1-3-26(36)33(44)45/h4-15,26-27,30-31,40H,1-3,16-19,36H2,(H,37,41)(H,38,42)(H,44,45)/t26-,27?,30-,31-/m1/s1. The topological polar surface area (TPSA) is 171 Å². The van der Waals surface area contributed by atoms with Gasteiger partial charge in [-0.1, -0.05) is 24.3 Å². The number of anilines is 1. The predicted molar refractivity (Wildman–Crippen MR) is 172 cm³/mol. The van der Waals surface area contributed by atoms with E-state index in [4.69, 9.17) is 15.6 Å². The van der Waals surface area contributed by atoms with Crippen molar-refractivity contribution in [3.63, 3.8) is 0 Å². The molecule has 3 aromatic rings. The van der Waals surface area contributed by atoms with Gasteiger partial charge in [0.1, 0.15) is 28.7 Å². The molecule has 0 aliphatic carbocycles. The molecular formula is C33H36F2N4O7S. The molecular weight excluding hydrogens is 634 g/mol. The molecule has 1 aliphatic rings. The molecule has 1 fully saturated rings. The summed E-state index contributed by atoms with van der Waals surface area (Å²) in [6, 6.07) is 16.5. The number of carbonyl (C=O) groups is 4. The molecule has 4 atom stereocenters. The van der Waals surface area contributed by atoms with E-state index in [1.165, 1.54) is 60.3 Å². The number of carboxylic acids is 1. The van der Waals surface area contributed by atoms with Gasteiger partial charge < -0.3 is 36.2 Å². The van der Waals surface area contributed by atoms with E-state index in [1.807, 2.05) is 0 Å². The summed E-state index contributed by atoms with van der Waals surface area (Å²) in [7, 11) is 0. The van der Waals surface area contributed by atoms with Gasteiger partial charge in [-0.05, 0) is 78.9 Å². The van der Waals surface area contributed by atoms with Crippen molar-refractivity contribution >= 4 is 41.1 Å². The van der Waals surface area contributed by atoms with Crippen LogP contribution in [0.4, 0.5) is 14.5 Å². The zero-order valence-corrected chi connectivity index (χ0v) is 26.1. The molecule has 250 valence electrons. The number of aliphatic carboxylic acids is 1. The molecule has 0 spiro atoms. The first-order valence-corrected chi connectivity index (χ1v) is 16.0. The number of carboxylic acid groups (broad SMARTS) is 1. The normalized spacial score (nSPS) is 16.9. The SMILES string of the molecule is N[C@H](CCCCNC(=O)CNC(=O)COc1ccc([C@@H]2[C@@H](SCC(O)c3ccc(F)cc3)C(=O)N2c2ccc(F)cc2)cc1)C(=O)O. The Kier molecular flexibility index (Phi) is 12.7. The first-order valence-electron chi connectivity index (χ1n) is 14.9. The van der Waals surface area contributed by atoms with Gasteiger partial charge in [0, 0.05) is 18.0 Å². The van der Waals surface area contributed by atoms with Crippen molar-refractivity contribution in [3.05, 3.63) is 95.6 Å². The van der Waals surface area contributed by atoms with Crippen LogP contribution in [0.1, 0.15) is 42.5 Å². The summed E-state index contributed by atoms with van der Waals surface area (Å²) >= 11 is 1.27. The van der Waals surface area contributed by atoms with Gasteiger partial charge in [0.2, 0.25) is 11.8 Å². The molecule has 0 saturated carbocycles. The molecule has 3 aromatic carbocycles. The lowest BCUT2D eigenvalue weighted by atomic mass is 9.92. The lowest BCUT2D eigenvalue weighted by Crippen LogP contribution is -2.57. The number of amides is 3. The van der Waals surface area contributed by atoms with Crippen molar-refractivity contribution in [1.82, 2.24) is 10.6 Å². The minimum absolute atomic E-state index is 0.186. The molecule has 1 unspecified atom stereocenters. The Morgan fingerprint density at radius 2 is 1.55 bits per heavy atom. The Morgan fingerprint density at radius 3 is 2.19 bits per heavy atom. The van der Waals surface area contributed by atoms with Crippen LogP contribution in [0, 0.1) is 11.6 Å². The molecule has 1 heterocycles. The summed E-state index contributed by atoms with van der Waals surface area (Å²) < 4.78 is 32.5. The van der Waals surface area contributed by atoms with Gasteiger partial charge in [-0.3, -0.25) is 19.2 Å². The van der Waals surface area contributed by atoms with Crippen LogP contribution >= 0.6 is 11.8 Å². The van der Waals surface area contributed by atoms with Crippen molar-refractivity contribution in [2.24, 2.45) is 5.73 Å². The van der Waals surface area contributed by atoms with E-state index in [0.29, 0.717) is 42.8 Å². The van der Waals surface area contributed by atoms with E-state index >= 15 is 0 Å². The number of β-lactam (4-membered cyclic amide) rings is 1. The van der Waals surface area contributed by atoms with Crippen LogP contribution in [-0.4, -0.2) is 70.6 Å². The van der Waals surface area contributed by atoms with E-state index in [9.17, 15) is 33.1 Å². The summed E-state index contributed by atoms with van der Waals surface area (Å²) in [5, 5.41) is 24.0. The summed E-state index contributed by atoms with van der Waals surface area (Å²) in [5.41, 5.74) is 7.23. The second-order valence-corrected chi connectivity index (χ2v) is 12.1. The minimum Gasteiger partial charge on any atom is -0.484 e. The fourth-order valence-electron chi connectivity index (χ4n) is 4.86. The number of carbonyl (C=O) groups excluding carboxylic acids is 3. The molecule has 0 aromatic heterocycles. The molecule has 11 nitrogen and oxygen atoms in total. The lowest BCUT2D eigenvalue weighted by molar-refractivity contribution is -0.138. The number of benzene rings is 3. The van der Waals surface area contributed by atoms with Gasteiger partial charge in [0.15, 0.2) is 6.61 Å². The number of aliphatic hydroxyl groups excluding tert-OH is 1. The zero-order chi connectivity index (χ0) is 33.9. The van der Waals surface area contributed by atoms with Crippen molar-refractivity contribution in [2.75, 3.05) is 30.3 Å². The monoisotopic (exact) mass is 670 g/mol. The van der Waals surface area contributed by atoms with Crippen LogP contribution in [-0.2, 0) is 19.2 Å². The van der Waals surface area contributed by atoms with E-state index in [-0.39, 0.29) is 24.8 Å². The molecule has 6 N–H and O–H groups in total. The van der Waals surface area contributed by atoms with Crippen LogP contribution in [0.2, 0.25) is 0 Å². The second kappa shape index (κ2) is 16.9. The quantitative estimate of drug-likeness (QED) is 0.107. The third-order valence-electron chi connectivity index (χ3n) is 7.46. The third-order valence-corrected chi connectivity index (χ3v) is 8.78. The summed E-state index contributed by atoms with van der Waals surface area (Å²) in [4.78, 5) is 49.7. The van der Waals surface area contributed by atoms with Crippen molar-refractivity contribution in [2.45, 2.75) is 42.7 Å². The average Bonchev–Trinajstić information content (AvgIpc) is 3.06. The molecule has 14 heteroatoms. The number of aliphatic hydroxyl groups is 1. The molecule has 0 radical (unpaired) electrons. The number of nitrogens with one attached hydrogen (secondary N) is 2. The Hall–Kier alpha value is -4.53. The molecule has 3 amide bonds. The van der Waals surface area contributed by atoms with Gasteiger partial charge in [-0.2, -0.15) is 0 Å². The van der Waals surface area contributed by atoms with E-state index in [1.54, 1.807) is 29.2 Å². The maximum absolute atomic E-state index is 13.6. The van der Waals surface area contributed by atoms with Gasteiger partial charge in [0.05, 0.1) is 18.7 Å². The smallest absolute Gasteiger partial charge is 0.320 e. The van der Waals surface area contributed by atoms with Crippen LogP contribution in [0.5, 0.6) is 5.75 Å². The maximum Gasteiger partial charge on any atom is 0.320 e. The zero-order valence-electron chi connectivity index (χ0n) is 25.3. The van der Waals surface area contributed by atoms with Crippen LogP contribution in [0.25, 0.3) is 0 Å².